The smallest absolute Gasteiger partial charge is 0.240 e. The van der Waals surface area contributed by atoms with Gasteiger partial charge in [0.2, 0.25) is 11.8 Å². The predicted octanol–water partition coefficient (Wildman–Crippen LogP) is 4.62. The minimum Gasteiger partial charge on any atom is -0.325 e. The van der Waals surface area contributed by atoms with Gasteiger partial charge in [0.15, 0.2) is 0 Å². The lowest BCUT2D eigenvalue weighted by Gasteiger charge is -2.18. The first-order chi connectivity index (χ1) is 11.8. The number of amides is 2. The van der Waals surface area contributed by atoms with Gasteiger partial charge in [-0.2, -0.15) is 0 Å². The first-order valence-corrected chi connectivity index (χ1v) is 8.66. The summed E-state index contributed by atoms with van der Waals surface area (Å²) < 4.78 is 0. The molecule has 5 heteroatoms. The molecule has 3 rings (SSSR count). The third-order valence-corrected chi connectivity index (χ3v) is 5.18. The fourth-order valence-corrected chi connectivity index (χ4v) is 3.03. The van der Waals surface area contributed by atoms with Crippen LogP contribution in [-0.2, 0) is 9.59 Å². The number of halogens is 1. The summed E-state index contributed by atoms with van der Waals surface area (Å²) in [7, 11) is 0. The zero-order valence-corrected chi connectivity index (χ0v) is 15.3. The Labute approximate surface area is 152 Å². The third-order valence-electron chi connectivity index (χ3n) is 4.77. The Balaban J connectivity index is 1.76. The van der Waals surface area contributed by atoms with Gasteiger partial charge in [-0.05, 0) is 62.4 Å². The summed E-state index contributed by atoms with van der Waals surface area (Å²) in [5.41, 5.74) is 3.29. The van der Waals surface area contributed by atoms with Crippen LogP contribution in [0.5, 0.6) is 0 Å². The maximum atomic E-state index is 12.8. The Morgan fingerprint density at radius 2 is 1.52 bits per heavy atom. The molecule has 25 heavy (non-hydrogen) atoms. The van der Waals surface area contributed by atoms with Crippen LogP contribution in [-0.4, -0.2) is 11.8 Å². The van der Waals surface area contributed by atoms with E-state index in [-0.39, 0.29) is 11.8 Å². The molecule has 1 saturated carbocycles. The monoisotopic (exact) mass is 356 g/mol. The quantitative estimate of drug-likeness (QED) is 0.785. The SMILES string of the molecule is Cc1ccc(NC(=O)C2(C(=O)Nc3c(C)cccc3C)CC2)cc1Cl. The number of hydrogen-bond donors (Lipinski definition) is 2. The van der Waals surface area contributed by atoms with Gasteiger partial charge in [0.05, 0.1) is 0 Å². The number of anilines is 2. The molecule has 0 atom stereocenters. The first-order valence-electron chi connectivity index (χ1n) is 8.29. The lowest BCUT2D eigenvalue weighted by molar-refractivity contribution is -0.131. The average Bonchev–Trinajstić information content (AvgIpc) is 3.36. The number of rotatable bonds is 4. The lowest BCUT2D eigenvalue weighted by atomic mass is 10.0. The van der Waals surface area contributed by atoms with Crippen molar-refractivity contribution in [2.24, 2.45) is 5.41 Å². The largest absolute Gasteiger partial charge is 0.325 e. The van der Waals surface area contributed by atoms with Crippen LogP contribution in [0.2, 0.25) is 5.02 Å². The maximum absolute atomic E-state index is 12.8. The summed E-state index contributed by atoms with van der Waals surface area (Å²) in [5, 5.41) is 6.35. The van der Waals surface area contributed by atoms with Crippen molar-refractivity contribution in [2.75, 3.05) is 10.6 Å². The summed E-state index contributed by atoms with van der Waals surface area (Å²) >= 11 is 6.10. The highest BCUT2D eigenvalue weighted by atomic mass is 35.5. The van der Waals surface area contributed by atoms with E-state index in [0.717, 1.165) is 22.4 Å². The van der Waals surface area contributed by atoms with E-state index in [2.05, 4.69) is 10.6 Å². The van der Waals surface area contributed by atoms with Gasteiger partial charge in [0, 0.05) is 16.4 Å². The molecule has 1 aliphatic carbocycles. The van der Waals surface area contributed by atoms with E-state index >= 15 is 0 Å². The van der Waals surface area contributed by atoms with Crippen LogP contribution in [0.25, 0.3) is 0 Å². The highest BCUT2D eigenvalue weighted by Gasteiger charge is 2.56. The van der Waals surface area contributed by atoms with Crippen LogP contribution in [0.3, 0.4) is 0 Å². The van der Waals surface area contributed by atoms with Crippen molar-refractivity contribution < 1.29 is 9.59 Å². The second-order valence-electron chi connectivity index (χ2n) is 6.72. The summed E-state index contributed by atoms with van der Waals surface area (Å²) in [4.78, 5) is 25.4. The zero-order valence-electron chi connectivity index (χ0n) is 14.6. The molecule has 4 nitrogen and oxygen atoms in total. The molecule has 0 spiro atoms. The van der Waals surface area contributed by atoms with Crippen molar-refractivity contribution in [3.8, 4) is 0 Å². The second-order valence-corrected chi connectivity index (χ2v) is 7.13. The van der Waals surface area contributed by atoms with Crippen molar-refractivity contribution in [2.45, 2.75) is 33.6 Å². The van der Waals surface area contributed by atoms with Gasteiger partial charge in [-0.15, -0.1) is 0 Å². The Hall–Kier alpha value is -2.33. The lowest BCUT2D eigenvalue weighted by Crippen LogP contribution is -2.36. The molecule has 2 aromatic carbocycles. The number of carbonyl (C=O) groups excluding carboxylic acids is 2. The molecule has 0 aromatic heterocycles. The molecule has 0 unspecified atom stereocenters. The maximum Gasteiger partial charge on any atom is 0.240 e. The highest BCUT2D eigenvalue weighted by molar-refractivity contribution is 6.31. The van der Waals surface area contributed by atoms with Gasteiger partial charge in [-0.25, -0.2) is 0 Å². The van der Waals surface area contributed by atoms with Crippen molar-refractivity contribution in [1.29, 1.82) is 0 Å². The number of para-hydroxylation sites is 1. The molecule has 0 aliphatic heterocycles. The Bertz CT molecular complexity index is 837. The molecule has 2 N–H and O–H groups in total. The first kappa shape index (κ1) is 17.5. The van der Waals surface area contributed by atoms with E-state index in [1.54, 1.807) is 12.1 Å². The molecule has 0 radical (unpaired) electrons. The molecule has 0 bridgehead atoms. The summed E-state index contributed by atoms with van der Waals surface area (Å²) in [6.45, 7) is 5.78. The van der Waals surface area contributed by atoms with E-state index in [4.69, 9.17) is 11.6 Å². The van der Waals surface area contributed by atoms with Crippen LogP contribution >= 0.6 is 11.6 Å². The Morgan fingerprint density at radius 1 is 0.920 bits per heavy atom. The van der Waals surface area contributed by atoms with E-state index in [1.807, 2.05) is 45.0 Å². The summed E-state index contributed by atoms with van der Waals surface area (Å²) in [5.74, 6) is -0.531. The van der Waals surface area contributed by atoms with E-state index in [1.165, 1.54) is 0 Å². The van der Waals surface area contributed by atoms with Crippen LogP contribution in [0.1, 0.15) is 29.5 Å². The Kier molecular flexibility index (Phi) is 4.56. The van der Waals surface area contributed by atoms with Crippen molar-refractivity contribution in [3.05, 3.63) is 58.1 Å². The molecule has 2 aromatic rings. The van der Waals surface area contributed by atoms with E-state index in [0.29, 0.717) is 23.6 Å². The average molecular weight is 357 g/mol. The highest BCUT2D eigenvalue weighted by Crippen LogP contribution is 2.47. The Morgan fingerprint density at radius 3 is 2.08 bits per heavy atom. The van der Waals surface area contributed by atoms with Crippen molar-refractivity contribution >= 4 is 34.8 Å². The van der Waals surface area contributed by atoms with E-state index in [9.17, 15) is 9.59 Å². The number of hydrogen-bond acceptors (Lipinski definition) is 2. The van der Waals surface area contributed by atoms with Gasteiger partial charge in [-0.1, -0.05) is 35.9 Å². The van der Waals surface area contributed by atoms with Crippen LogP contribution in [0.4, 0.5) is 11.4 Å². The normalized spacial score (nSPS) is 14.7. The predicted molar refractivity (Wildman–Crippen MR) is 101 cm³/mol. The van der Waals surface area contributed by atoms with Gasteiger partial charge >= 0.3 is 0 Å². The molecule has 130 valence electrons. The fourth-order valence-electron chi connectivity index (χ4n) is 2.85. The van der Waals surface area contributed by atoms with Crippen molar-refractivity contribution in [3.63, 3.8) is 0 Å². The summed E-state index contributed by atoms with van der Waals surface area (Å²) in [6, 6.07) is 11.2. The molecule has 2 amide bonds. The number of nitrogens with one attached hydrogen (secondary N) is 2. The van der Waals surface area contributed by atoms with Gasteiger partial charge in [0.1, 0.15) is 5.41 Å². The second kappa shape index (κ2) is 6.52. The van der Waals surface area contributed by atoms with Gasteiger partial charge in [-0.3, -0.25) is 9.59 Å². The van der Waals surface area contributed by atoms with Gasteiger partial charge < -0.3 is 10.6 Å². The molecular formula is C20H21ClN2O2. The number of benzene rings is 2. The molecule has 1 aliphatic rings. The number of carbonyl (C=O) groups is 2. The third kappa shape index (κ3) is 3.40. The summed E-state index contributed by atoms with van der Waals surface area (Å²) in [6.07, 6.45) is 1.10. The van der Waals surface area contributed by atoms with Crippen LogP contribution < -0.4 is 10.6 Å². The molecular weight excluding hydrogens is 336 g/mol. The van der Waals surface area contributed by atoms with Crippen molar-refractivity contribution in [1.82, 2.24) is 0 Å². The van der Waals surface area contributed by atoms with Crippen LogP contribution in [0, 0.1) is 26.2 Å². The van der Waals surface area contributed by atoms with Gasteiger partial charge in [0.25, 0.3) is 0 Å². The standard InChI is InChI=1S/C20H21ClN2O2/c1-12-7-8-15(11-16(12)21)22-18(24)20(9-10-20)19(25)23-17-13(2)5-4-6-14(17)3/h4-8,11H,9-10H2,1-3H3,(H,22,24)(H,23,25). The zero-order chi connectivity index (χ0) is 18.2. The molecule has 1 fully saturated rings. The molecule has 0 heterocycles. The minimum atomic E-state index is -0.994. The van der Waals surface area contributed by atoms with Crippen LogP contribution in [0.15, 0.2) is 36.4 Å². The molecule has 0 saturated heterocycles. The number of aryl methyl sites for hydroxylation is 3. The fraction of sp³-hybridized carbons (Fsp3) is 0.300. The minimum absolute atomic E-state index is 0.249. The topological polar surface area (TPSA) is 58.2 Å². The van der Waals surface area contributed by atoms with E-state index < -0.39 is 5.41 Å².